The first kappa shape index (κ1) is 38.0. The number of methoxy groups -OCH3 is 1. The predicted octanol–water partition coefficient (Wildman–Crippen LogP) is 4.07. The molecule has 1 saturated heterocycles. The molecule has 0 spiro atoms. The summed E-state index contributed by atoms with van der Waals surface area (Å²) in [7, 11) is 1.55. The van der Waals surface area contributed by atoms with Crippen LogP contribution in [0.15, 0.2) is 54.7 Å². The van der Waals surface area contributed by atoms with Crippen LogP contribution in [0.25, 0.3) is 10.4 Å². The minimum absolute atomic E-state index is 0.00169. The third kappa shape index (κ3) is 10.6. The number of carbonyl (C=O) groups is 5. The van der Waals surface area contributed by atoms with Gasteiger partial charge >= 0.3 is 0 Å². The standard InChI is InChI=1S/C37H47N5O7S/c1-21(2)17-29(41-36(47)32(22(3)4)42-31(43)20-49-27-13-11-26(48-6)12-14-27)35(46)40-28(18-25-15-16-38-34(25)45)33(44)37-39-19-30(50-37)24-9-7-23(5)8-10-24/h7-14,19,21-22,25,28-29,32H,15-18,20H2,1-6H3,(H,38,45)(H,40,46)(H,41,47)(H,42,43)/t25-,28-,29-,32-/m0/s1. The molecule has 2 aromatic carbocycles. The van der Waals surface area contributed by atoms with Gasteiger partial charge in [0.25, 0.3) is 5.91 Å². The van der Waals surface area contributed by atoms with Crippen molar-refractivity contribution in [3.63, 3.8) is 0 Å². The number of carbonyl (C=O) groups excluding carboxylic acids is 5. The fraction of sp³-hybridized carbons (Fsp3) is 0.459. The summed E-state index contributed by atoms with van der Waals surface area (Å²) >= 11 is 1.22. The van der Waals surface area contributed by atoms with Crippen molar-refractivity contribution in [3.8, 4) is 21.9 Å². The van der Waals surface area contributed by atoms with Crippen LogP contribution in [0.2, 0.25) is 0 Å². The Morgan fingerprint density at radius 3 is 2.18 bits per heavy atom. The fourth-order valence-corrected chi connectivity index (χ4v) is 6.50. The first-order valence-corrected chi connectivity index (χ1v) is 17.7. The molecule has 2 heterocycles. The molecular weight excluding hydrogens is 659 g/mol. The number of amides is 4. The summed E-state index contributed by atoms with van der Waals surface area (Å²) in [6.45, 7) is 9.56. The zero-order valence-electron chi connectivity index (χ0n) is 29.4. The highest BCUT2D eigenvalue weighted by atomic mass is 32.1. The lowest BCUT2D eigenvalue weighted by Crippen LogP contribution is -2.57. The van der Waals surface area contributed by atoms with Crippen molar-refractivity contribution in [1.82, 2.24) is 26.3 Å². The SMILES string of the molecule is COc1ccc(OCC(=O)N[C@H](C(=O)N[C@@H](CC(C)C)C(=O)N[C@@H](C[C@@H]2CCNC2=O)C(=O)c2ncc(-c3ccc(C)cc3)s2)C(C)C)cc1. The predicted molar refractivity (Wildman–Crippen MR) is 191 cm³/mol. The fourth-order valence-electron chi connectivity index (χ4n) is 5.58. The third-order valence-electron chi connectivity index (χ3n) is 8.40. The number of nitrogens with one attached hydrogen (secondary N) is 4. The molecule has 3 aromatic rings. The molecule has 0 radical (unpaired) electrons. The number of ether oxygens (including phenoxy) is 2. The van der Waals surface area contributed by atoms with E-state index in [9.17, 15) is 24.0 Å². The topological polar surface area (TPSA) is 165 Å². The number of hydrogen-bond acceptors (Lipinski definition) is 9. The highest BCUT2D eigenvalue weighted by Gasteiger charge is 2.36. The Labute approximate surface area is 297 Å². The molecule has 1 fully saturated rings. The van der Waals surface area contributed by atoms with Gasteiger partial charge in [-0.15, -0.1) is 11.3 Å². The van der Waals surface area contributed by atoms with Crippen LogP contribution in [0.1, 0.15) is 62.3 Å². The lowest BCUT2D eigenvalue weighted by atomic mass is 9.95. The largest absolute Gasteiger partial charge is 0.497 e. The minimum Gasteiger partial charge on any atom is -0.497 e. The van der Waals surface area contributed by atoms with Gasteiger partial charge in [0.1, 0.15) is 23.6 Å². The Morgan fingerprint density at radius 2 is 1.58 bits per heavy atom. The van der Waals surface area contributed by atoms with Crippen LogP contribution in [0.3, 0.4) is 0 Å². The zero-order chi connectivity index (χ0) is 36.4. The molecule has 0 aliphatic carbocycles. The van der Waals surface area contributed by atoms with Gasteiger partial charge in [-0.25, -0.2) is 4.98 Å². The van der Waals surface area contributed by atoms with Crippen LogP contribution in [0.5, 0.6) is 11.5 Å². The number of hydrogen-bond donors (Lipinski definition) is 4. The third-order valence-corrected chi connectivity index (χ3v) is 9.46. The van der Waals surface area contributed by atoms with Crippen molar-refractivity contribution in [2.24, 2.45) is 17.8 Å². The van der Waals surface area contributed by atoms with E-state index >= 15 is 0 Å². The monoisotopic (exact) mass is 705 g/mol. The van der Waals surface area contributed by atoms with Gasteiger partial charge in [0.05, 0.1) is 18.0 Å². The molecule has 268 valence electrons. The van der Waals surface area contributed by atoms with Crippen molar-refractivity contribution < 1.29 is 33.4 Å². The maximum Gasteiger partial charge on any atom is 0.258 e. The van der Waals surface area contributed by atoms with Crippen molar-refractivity contribution in [1.29, 1.82) is 0 Å². The van der Waals surface area contributed by atoms with Gasteiger partial charge in [0, 0.05) is 18.7 Å². The molecule has 0 saturated carbocycles. The molecule has 4 amide bonds. The minimum atomic E-state index is -1.05. The summed E-state index contributed by atoms with van der Waals surface area (Å²) in [4.78, 5) is 71.9. The summed E-state index contributed by atoms with van der Waals surface area (Å²) in [6.07, 6.45) is 2.54. The Morgan fingerprint density at radius 1 is 0.920 bits per heavy atom. The molecule has 4 N–H and O–H groups in total. The van der Waals surface area contributed by atoms with Crippen molar-refractivity contribution in [2.45, 2.75) is 72.0 Å². The molecule has 1 aliphatic heterocycles. The van der Waals surface area contributed by atoms with E-state index < -0.39 is 47.5 Å². The van der Waals surface area contributed by atoms with Crippen LogP contribution in [-0.4, -0.2) is 72.8 Å². The van der Waals surface area contributed by atoms with Gasteiger partial charge < -0.3 is 30.7 Å². The summed E-state index contributed by atoms with van der Waals surface area (Å²) in [5, 5.41) is 11.4. The quantitative estimate of drug-likeness (QED) is 0.153. The van der Waals surface area contributed by atoms with Gasteiger partial charge in [-0.1, -0.05) is 57.5 Å². The number of rotatable bonds is 17. The summed E-state index contributed by atoms with van der Waals surface area (Å²) in [5.41, 5.74) is 2.03. The second-order valence-corrected chi connectivity index (χ2v) is 14.3. The molecule has 1 aliphatic rings. The number of benzene rings is 2. The molecule has 0 bridgehead atoms. The highest BCUT2D eigenvalue weighted by Crippen LogP contribution is 2.28. The van der Waals surface area contributed by atoms with Crippen LogP contribution in [0.4, 0.5) is 0 Å². The number of thiazole rings is 1. The van der Waals surface area contributed by atoms with Gasteiger partial charge in [-0.3, -0.25) is 24.0 Å². The van der Waals surface area contributed by atoms with E-state index in [1.807, 2.05) is 45.0 Å². The summed E-state index contributed by atoms with van der Waals surface area (Å²) in [6, 6.07) is 11.6. The van der Waals surface area contributed by atoms with E-state index in [4.69, 9.17) is 9.47 Å². The second kappa shape index (κ2) is 17.7. The van der Waals surface area contributed by atoms with Crippen molar-refractivity contribution >= 4 is 40.7 Å². The van der Waals surface area contributed by atoms with Crippen LogP contribution >= 0.6 is 11.3 Å². The van der Waals surface area contributed by atoms with Gasteiger partial charge in [0.15, 0.2) is 11.6 Å². The zero-order valence-corrected chi connectivity index (χ0v) is 30.2. The number of nitrogens with zero attached hydrogens (tertiary/aromatic N) is 1. The molecule has 4 rings (SSSR count). The lowest BCUT2D eigenvalue weighted by Gasteiger charge is -2.27. The van der Waals surface area contributed by atoms with Gasteiger partial charge in [0.2, 0.25) is 23.5 Å². The Bertz CT molecular complexity index is 1640. The second-order valence-electron chi connectivity index (χ2n) is 13.3. The van der Waals surface area contributed by atoms with E-state index in [1.165, 1.54) is 11.3 Å². The van der Waals surface area contributed by atoms with E-state index in [0.29, 0.717) is 24.5 Å². The number of Topliss-reactive ketones (excluding diaryl/α,β-unsaturated/α-hetero) is 1. The number of aryl methyl sites for hydroxylation is 1. The van der Waals surface area contributed by atoms with Crippen molar-refractivity contribution in [2.75, 3.05) is 20.3 Å². The molecule has 50 heavy (non-hydrogen) atoms. The molecule has 13 heteroatoms. The molecule has 4 atom stereocenters. The molecular formula is C37H47N5O7S. The lowest BCUT2D eigenvalue weighted by molar-refractivity contribution is -0.134. The van der Waals surface area contributed by atoms with E-state index in [2.05, 4.69) is 26.3 Å². The van der Waals surface area contributed by atoms with E-state index in [0.717, 1.165) is 16.0 Å². The summed E-state index contributed by atoms with van der Waals surface area (Å²) in [5.74, 6) is -1.84. The average molecular weight is 706 g/mol. The smallest absolute Gasteiger partial charge is 0.258 e. The van der Waals surface area contributed by atoms with Crippen LogP contribution < -0.4 is 30.7 Å². The first-order chi connectivity index (χ1) is 23.8. The average Bonchev–Trinajstić information content (AvgIpc) is 3.74. The molecule has 1 aromatic heterocycles. The summed E-state index contributed by atoms with van der Waals surface area (Å²) < 4.78 is 10.7. The Balaban J connectivity index is 1.47. The molecule has 0 unspecified atom stereocenters. The first-order valence-electron chi connectivity index (χ1n) is 16.9. The Kier molecular flexibility index (Phi) is 13.5. The van der Waals surface area contributed by atoms with Gasteiger partial charge in [-0.2, -0.15) is 0 Å². The maximum atomic E-state index is 13.9. The number of ketones is 1. The van der Waals surface area contributed by atoms with E-state index in [1.54, 1.807) is 51.4 Å². The van der Waals surface area contributed by atoms with Crippen LogP contribution in [0, 0.1) is 24.7 Å². The van der Waals surface area contributed by atoms with Crippen LogP contribution in [-0.2, 0) is 19.2 Å². The maximum absolute atomic E-state index is 13.9. The van der Waals surface area contributed by atoms with E-state index in [-0.39, 0.29) is 42.2 Å². The van der Waals surface area contributed by atoms with Gasteiger partial charge in [-0.05, 0) is 67.9 Å². The Hall–Kier alpha value is -4.78. The highest BCUT2D eigenvalue weighted by molar-refractivity contribution is 7.17. The van der Waals surface area contributed by atoms with Crippen molar-refractivity contribution in [3.05, 3.63) is 65.3 Å². The molecule has 12 nitrogen and oxygen atoms in total. The normalized spacial score (nSPS) is 15.9. The number of aromatic nitrogens is 1.